The molecule has 31 heavy (non-hydrogen) atoms. The number of halogens is 3. The Morgan fingerprint density at radius 2 is 1.65 bits per heavy atom. The van der Waals surface area contributed by atoms with E-state index in [2.05, 4.69) is 20.0 Å². The quantitative estimate of drug-likeness (QED) is 0.629. The first-order valence-electron chi connectivity index (χ1n) is 10.2. The third-order valence-corrected chi connectivity index (χ3v) is 6.78. The van der Waals surface area contributed by atoms with Gasteiger partial charge < -0.3 is 10.2 Å². The van der Waals surface area contributed by atoms with Gasteiger partial charge in [0.05, 0.1) is 5.52 Å². The Balaban J connectivity index is 1.50. The molecule has 1 aliphatic rings. The van der Waals surface area contributed by atoms with Crippen molar-refractivity contribution >= 4 is 32.7 Å². The van der Waals surface area contributed by atoms with Crippen molar-refractivity contribution in [3.05, 3.63) is 24.3 Å². The monoisotopic (exact) mass is 459 g/mol. The van der Waals surface area contributed by atoms with E-state index >= 15 is 0 Å². The van der Waals surface area contributed by atoms with E-state index in [-0.39, 0.29) is 12.5 Å². The summed E-state index contributed by atoms with van der Waals surface area (Å²) in [5.41, 5.74) is 0.860. The molecule has 1 heterocycles. The van der Waals surface area contributed by atoms with Gasteiger partial charge in [-0.25, -0.2) is 18.1 Å². The van der Waals surface area contributed by atoms with Crippen LogP contribution >= 0.6 is 0 Å². The number of para-hydroxylation sites is 1. The van der Waals surface area contributed by atoms with E-state index in [9.17, 15) is 21.6 Å². The molecular weight excluding hydrogens is 431 g/mol. The van der Waals surface area contributed by atoms with Gasteiger partial charge in [-0.1, -0.05) is 12.1 Å². The third kappa shape index (κ3) is 6.93. The molecule has 0 atom stereocenters. The average molecular weight is 460 g/mol. The standard InChI is InChI=1S/C20H28F3N5O2S/c1-28(2)18-16-5-3-4-6-17(16)26-19(27-18)24-11-14-7-9-15(10-8-14)12-25-31(29,30)13-20(21,22)23/h3-6,14-15,25H,7-13H2,1-2H3,(H,24,26,27)/t14-,15-. The Labute approximate surface area is 180 Å². The summed E-state index contributed by atoms with van der Waals surface area (Å²) in [6, 6.07) is 7.81. The van der Waals surface area contributed by atoms with Gasteiger partial charge in [-0.05, 0) is 49.7 Å². The van der Waals surface area contributed by atoms with Crippen molar-refractivity contribution in [1.29, 1.82) is 0 Å². The Kier molecular flexibility index (Phi) is 7.25. The number of fused-ring (bicyclic) bond motifs is 1. The summed E-state index contributed by atoms with van der Waals surface area (Å²) >= 11 is 0. The smallest absolute Gasteiger partial charge is 0.362 e. The van der Waals surface area contributed by atoms with Gasteiger partial charge in [0, 0.05) is 32.6 Å². The van der Waals surface area contributed by atoms with Crippen LogP contribution in [-0.4, -0.2) is 57.5 Å². The highest BCUT2D eigenvalue weighted by atomic mass is 32.2. The van der Waals surface area contributed by atoms with E-state index in [4.69, 9.17) is 0 Å². The average Bonchev–Trinajstić information content (AvgIpc) is 2.69. The molecule has 0 aliphatic heterocycles. The van der Waals surface area contributed by atoms with Gasteiger partial charge >= 0.3 is 6.18 Å². The van der Waals surface area contributed by atoms with Crippen molar-refractivity contribution in [2.45, 2.75) is 31.9 Å². The summed E-state index contributed by atoms with van der Waals surface area (Å²) in [7, 11) is -0.469. The Bertz CT molecular complexity index is 990. The zero-order chi connectivity index (χ0) is 22.6. The maximum atomic E-state index is 12.3. The largest absolute Gasteiger partial charge is 0.404 e. The SMILES string of the molecule is CN(C)c1nc(NC[C@H]2CC[C@H](CNS(=O)(=O)CC(F)(F)F)CC2)nc2ccccc12. The molecule has 0 radical (unpaired) electrons. The maximum Gasteiger partial charge on any atom is 0.404 e. The lowest BCUT2D eigenvalue weighted by Crippen LogP contribution is -2.37. The van der Waals surface area contributed by atoms with Crippen molar-refractivity contribution in [3.63, 3.8) is 0 Å². The first-order chi connectivity index (χ1) is 14.5. The molecule has 0 bridgehead atoms. The lowest BCUT2D eigenvalue weighted by molar-refractivity contribution is -0.106. The van der Waals surface area contributed by atoms with Crippen molar-refractivity contribution in [2.75, 3.05) is 43.2 Å². The molecule has 0 amide bonds. The number of nitrogens with zero attached hydrogens (tertiary/aromatic N) is 3. The highest BCUT2D eigenvalue weighted by molar-refractivity contribution is 7.89. The minimum absolute atomic E-state index is 0.0523. The van der Waals surface area contributed by atoms with Gasteiger partial charge in [-0.15, -0.1) is 0 Å². The second-order valence-electron chi connectivity index (χ2n) is 8.27. The molecular formula is C20H28F3N5O2S. The molecule has 1 aromatic carbocycles. The maximum absolute atomic E-state index is 12.3. The summed E-state index contributed by atoms with van der Waals surface area (Å²) < 4.78 is 62.1. The number of hydrogen-bond donors (Lipinski definition) is 2. The predicted molar refractivity (Wildman–Crippen MR) is 116 cm³/mol. The van der Waals surface area contributed by atoms with Crippen LogP contribution in [0.4, 0.5) is 24.9 Å². The second-order valence-corrected chi connectivity index (χ2v) is 10.1. The number of anilines is 2. The predicted octanol–water partition coefficient (Wildman–Crippen LogP) is 3.40. The van der Waals surface area contributed by atoms with E-state index in [1.165, 1.54) is 0 Å². The molecule has 1 fully saturated rings. The van der Waals surface area contributed by atoms with Crippen LogP contribution in [0.1, 0.15) is 25.7 Å². The fourth-order valence-corrected chi connectivity index (χ4v) is 4.89. The lowest BCUT2D eigenvalue weighted by Gasteiger charge is -2.29. The van der Waals surface area contributed by atoms with E-state index in [0.29, 0.717) is 18.4 Å². The first kappa shape index (κ1) is 23.5. The molecule has 172 valence electrons. The van der Waals surface area contributed by atoms with Crippen LogP contribution in [-0.2, 0) is 10.0 Å². The summed E-state index contributed by atoms with van der Waals surface area (Å²) in [6.45, 7) is 0.746. The molecule has 0 saturated heterocycles. The zero-order valence-corrected chi connectivity index (χ0v) is 18.4. The van der Waals surface area contributed by atoms with Crippen LogP contribution in [0.25, 0.3) is 10.9 Å². The topological polar surface area (TPSA) is 87.2 Å². The summed E-state index contributed by atoms with van der Waals surface area (Å²) in [4.78, 5) is 11.2. The third-order valence-electron chi connectivity index (χ3n) is 5.47. The van der Waals surface area contributed by atoms with Gasteiger partial charge in [-0.2, -0.15) is 18.2 Å². The molecule has 3 rings (SSSR count). The van der Waals surface area contributed by atoms with Crippen LogP contribution in [0, 0.1) is 11.8 Å². The van der Waals surface area contributed by atoms with Crippen LogP contribution in [0.2, 0.25) is 0 Å². The van der Waals surface area contributed by atoms with Crippen molar-refractivity contribution in [1.82, 2.24) is 14.7 Å². The number of nitrogens with one attached hydrogen (secondary N) is 2. The fraction of sp³-hybridized carbons (Fsp3) is 0.600. The zero-order valence-electron chi connectivity index (χ0n) is 17.6. The van der Waals surface area contributed by atoms with Gasteiger partial charge in [0.1, 0.15) is 5.82 Å². The van der Waals surface area contributed by atoms with Crippen LogP contribution in [0.3, 0.4) is 0 Å². The van der Waals surface area contributed by atoms with Gasteiger partial charge in [0.25, 0.3) is 0 Å². The number of rotatable bonds is 8. The minimum Gasteiger partial charge on any atom is -0.362 e. The molecule has 2 N–H and O–H groups in total. The summed E-state index contributed by atoms with van der Waals surface area (Å²) in [6.07, 6.45) is -1.46. The molecule has 1 aliphatic carbocycles. The highest BCUT2D eigenvalue weighted by Crippen LogP contribution is 2.29. The number of aromatic nitrogens is 2. The van der Waals surface area contributed by atoms with Gasteiger partial charge in [0.2, 0.25) is 16.0 Å². The molecule has 2 aromatic rings. The first-order valence-corrected chi connectivity index (χ1v) is 11.9. The summed E-state index contributed by atoms with van der Waals surface area (Å²) in [5.74, 6) is -0.00947. The van der Waals surface area contributed by atoms with Gasteiger partial charge in [-0.3, -0.25) is 0 Å². The molecule has 7 nitrogen and oxygen atoms in total. The number of sulfonamides is 1. The van der Waals surface area contributed by atoms with Crippen molar-refractivity contribution < 1.29 is 21.6 Å². The number of hydrogen-bond acceptors (Lipinski definition) is 6. The van der Waals surface area contributed by atoms with E-state index in [1.54, 1.807) is 0 Å². The Morgan fingerprint density at radius 3 is 2.26 bits per heavy atom. The van der Waals surface area contributed by atoms with E-state index < -0.39 is 22.0 Å². The Morgan fingerprint density at radius 1 is 1.03 bits per heavy atom. The van der Waals surface area contributed by atoms with E-state index in [0.717, 1.165) is 42.4 Å². The molecule has 0 unspecified atom stereocenters. The second kappa shape index (κ2) is 9.56. The highest BCUT2D eigenvalue weighted by Gasteiger charge is 2.35. The summed E-state index contributed by atoms with van der Waals surface area (Å²) in [5, 5.41) is 4.29. The molecule has 1 saturated carbocycles. The lowest BCUT2D eigenvalue weighted by atomic mass is 9.82. The van der Waals surface area contributed by atoms with Gasteiger partial charge in [0.15, 0.2) is 5.75 Å². The fourth-order valence-electron chi connectivity index (χ4n) is 3.87. The van der Waals surface area contributed by atoms with Crippen molar-refractivity contribution in [3.8, 4) is 0 Å². The number of benzene rings is 1. The van der Waals surface area contributed by atoms with Crippen LogP contribution in [0.5, 0.6) is 0 Å². The number of alkyl halides is 3. The van der Waals surface area contributed by atoms with Crippen molar-refractivity contribution in [2.24, 2.45) is 11.8 Å². The molecule has 0 spiro atoms. The Hall–Kier alpha value is -2.14. The minimum atomic E-state index is -4.73. The normalized spacial score (nSPS) is 20.0. The molecule has 1 aromatic heterocycles. The van der Waals surface area contributed by atoms with E-state index in [1.807, 2.05) is 43.3 Å². The van der Waals surface area contributed by atoms with Crippen LogP contribution < -0.4 is 14.9 Å². The van der Waals surface area contributed by atoms with Crippen LogP contribution in [0.15, 0.2) is 24.3 Å². The molecule has 11 heteroatoms.